The summed E-state index contributed by atoms with van der Waals surface area (Å²) in [6, 6.07) is 9.79. The summed E-state index contributed by atoms with van der Waals surface area (Å²) < 4.78 is 5.32. The minimum Gasteiger partial charge on any atom is -0.497 e. The zero-order valence-corrected chi connectivity index (χ0v) is 17.0. The van der Waals surface area contributed by atoms with E-state index < -0.39 is 0 Å². The molecule has 0 saturated carbocycles. The normalized spacial score (nSPS) is 11.5. The van der Waals surface area contributed by atoms with Gasteiger partial charge in [0.15, 0.2) is 0 Å². The lowest BCUT2D eigenvalue weighted by Gasteiger charge is -2.15. The van der Waals surface area contributed by atoms with Crippen LogP contribution in [0, 0.1) is 0 Å². The predicted molar refractivity (Wildman–Crippen MR) is 114 cm³/mol. The first kappa shape index (κ1) is 23.0. The molecule has 5 N–H and O–H groups in total. The van der Waals surface area contributed by atoms with E-state index in [-0.39, 0.29) is 37.5 Å². The first-order chi connectivity index (χ1) is 12.1. The Kier molecular flexibility index (Phi) is 8.85. The number of ether oxygens (including phenoxy) is 1. The number of nitrogens with two attached hydrogens (primary N) is 1. The summed E-state index contributed by atoms with van der Waals surface area (Å²) in [6.07, 6.45) is 2.91. The fraction of sp³-hybridized carbons (Fsp3) is 0.316. The highest BCUT2D eigenvalue weighted by Gasteiger charge is 2.11. The van der Waals surface area contributed by atoms with E-state index in [2.05, 4.69) is 28.3 Å². The number of fused-ring (bicyclic) bond motifs is 1. The summed E-state index contributed by atoms with van der Waals surface area (Å²) in [5.74, 6) is 1.32. The highest BCUT2D eigenvalue weighted by atomic mass is 35.5. The number of nitrogens with one attached hydrogen (secondary N) is 2. The number of pyridine rings is 1. The molecular weight excluding hydrogens is 387 g/mol. The second kappa shape index (κ2) is 10.4. The van der Waals surface area contributed by atoms with Crippen LogP contribution in [0.15, 0.2) is 36.5 Å². The van der Waals surface area contributed by atoms with Gasteiger partial charge in [0.2, 0.25) is 0 Å². The molecule has 3 aromatic rings. The van der Waals surface area contributed by atoms with Crippen molar-refractivity contribution in [2.45, 2.75) is 32.5 Å². The quantitative estimate of drug-likeness (QED) is 0.477. The minimum absolute atomic E-state index is 0. The van der Waals surface area contributed by atoms with Crippen LogP contribution in [0.25, 0.3) is 10.9 Å². The molecule has 0 fully saturated rings. The zero-order chi connectivity index (χ0) is 17.8. The van der Waals surface area contributed by atoms with E-state index in [1.54, 1.807) is 13.2 Å². The molecule has 0 aliphatic carbocycles. The van der Waals surface area contributed by atoms with E-state index in [1.165, 1.54) is 10.9 Å². The van der Waals surface area contributed by atoms with Crippen LogP contribution in [0.3, 0.4) is 0 Å². The Bertz CT molecular complexity index is 870. The molecule has 0 aliphatic heterocycles. The van der Waals surface area contributed by atoms with Crippen molar-refractivity contribution >= 4 is 41.5 Å². The van der Waals surface area contributed by atoms with Gasteiger partial charge in [0.05, 0.1) is 19.4 Å². The van der Waals surface area contributed by atoms with Crippen molar-refractivity contribution < 1.29 is 9.84 Å². The van der Waals surface area contributed by atoms with Crippen LogP contribution >= 0.6 is 24.8 Å². The number of nitrogen functional groups attached to an aromatic ring is 1. The van der Waals surface area contributed by atoms with Crippen LogP contribution in [0.5, 0.6) is 5.75 Å². The van der Waals surface area contributed by atoms with Gasteiger partial charge in [0, 0.05) is 35.2 Å². The SMILES string of the molecule is COc1ccc2[nH]cc(C[C@@H](C)NCc3nc(N)ccc3CO)c2c1.Cl.Cl. The molecule has 0 aliphatic rings. The highest BCUT2D eigenvalue weighted by molar-refractivity contribution is 5.86. The Labute approximate surface area is 171 Å². The molecule has 3 rings (SSSR count). The topological polar surface area (TPSA) is 96.2 Å². The maximum Gasteiger partial charge on any atom is 0.123 e. The number of methoxy groups -OCH3 is 1. The van der Waals surface area contributed by atoms with E-state index in [9.17, 15) is 5.11 Å². The molecule has 0 bridgehead atoms. The molecule has 0 unspecified atom stereocenters. The van der Waals surface area contributed by atoms with Crippen LogP contribution < -0.4 is 15.8 Å². The second-order valence-electron chi connectivity index (χ2n) is 6.21. The molecular formula is C19H26Cl2N4O2. The third kappa shape index (κ3) is 5.49. The van der Waals surface area contributed by atoms with Crippen LogP contribution in [0.2, 0.25) is 0 Å². The van der Waals surface area contributed by atoms with Gasteiger partial charge in [-0.1, -0.05) is 6.07 Å². The molecule has 27 heavy (non-hydrogen) atoms. The summed E-state index contributed by atoms with van der Waals surface area (Å²) in [4.78, 5) is 7.62. The van der Waals surface area contributed by atoms with Crippen molar-refractivity contribution in [2.75, 3.05) is 12.8 Å². The maximum absolute atomic E-state index is 9.43. The summed E-state index contributed by atoms with van der Waals surface area (Å²) >= 11 is 0. The monoisotopic (exact) mass is 412 g/mol. The minimum atomic E-state index is -0.0408. The maximum atomic E-state index is 9.43. The number of halogens is 2. The summed E-state index contributed by atoms with van der Waals surface area (Å²) in [7, 11) is 1.68. The summed E-state index contributed by atoms with van der Waals surface area (Å²) in [5, 5.41) is 14.1. The number of aliphatic hydroxyl groups excluding tert-OH is 1. The van der Waals surface area contributed by atoms with Gasteiger partial charge in [0.25, 0.3) is 0 Å². The molecule has 1 aromatic carbocycles. The first-order valence-corrected chi connectivity index (χ1v) is 8.33. The molecule has 148 valence electrons. The molecule has 0 radical (unpaired) electrons. The van der Waals surface area contributed by atoms with Crippen molar-refractivity contribution in [3.8, 4) is 5.75 Å². The number of aliphatic hydroxyl groups is 1. The van der Waals surface area contributed by atoms with E-state index in [1.807, 2.05) is 24.4 Å². The third-order valence-electron chi connectivity index (χ3n) is 4.38. The molecule has 0 amide bonds. The second-order valence-corrected chi connectivity index (χ2v) is 6.21. The number of aromatic nitrogens is 2. The zero-order valence-electron chi connectivity index (χ0n) is 15.4. The van der Waals surface area contributed by atoms with Crippen molar-refractivity contribution in [1.82, 2.24) is 15.3 Å². The van der Waals surface area contributed by atoms with Gasteiger partial charge >= 0.3 is 0 Å². The molecule has 8 heteroatoms. The van der Waals surface area contributed by atoms with E-state index in [0.717, 1.165) is 28.9 Å². The smallest absolute Gasteiger partial charge is 0.123 e. The number of rotatable bonds is 7. The Morgan fingerprint density at radius 1 is 1.22 bits per heavy atom. The van der Waals surface area contributed by atoms with E-state index >= 15 is 0 Å². The number of anilines is 1. The summed E-state index contributed by atoms with van der Waals surface area (Å²) in [5.41, 5.74) is 9.67. The number of hydrogen-bond acceptors (Lipinski definition) is 5. The van der Waals surface area contributed by atoms with Crippen LogP contribution in [-0.4, -0.2) is 28.2 Å². The predicted octanol–water partition coefficient (Wildman–Crippen LogP) is 3.21. The molecule has 0 saturated heterocycles. The van der Waals surface area contributed by atoms with Gasteiger partial charge < -0.3 is 25.9 Å². The van der Waals surface area contributed by atoms with Crippen LogP contribution in [0.4, 0.5) is 5.82 Å². The molecule has 2 heterocycles. The van der Waals surface area contributed by atoms with Gasteiger partial charge in [-0.25, -0.2) is 4.98 Å². The lowest BCUT2D eigenvalue weighted by atomic mass is 10.1. The molecule has 1 atom stereocenters. The van der Waals surface area contributed by atoms with Crippen LogP contribution in [-0.2, 0) is 19.6 Å². The molecule has 0 spiro atoms. The number of hydrogen-bond donors (Lipinski definition) is 4. The number of nitrogens with zero attached hydrogens (tertiary/aromatic N) is 1. The largest absolute Gasteiger partial charge is 0.497 e. The van der Waals surface area contributed by atoms with E-state index in [0.29, 0.717) is 12.4 Å². The fourth-order valence-corrected chi connectivity index (χ4v) is 2.97. The van der Waals surface area contributed by atoms with Crippen molar-refractivity contribution in [3.63, 3.8) is 0 Å². The Morgan fingerprint density at radius 2 is 2.00 bits per heavy atom. The highest BCUT2D eigenvalue weighted by Crippen LogP contribution is 2.24. The van der Waals surface area contributed by atoms with Gasteiger partial charge in [-0.3, -0.25) is 0 Å². The number of benzene rings is 1. The van der Waals surface area contributed by atoms with Crippen molar-refractivity contribution in [2.24, 2.45) is 0 Å². The van der Waals surface area contributed by atoms with Crippen molar-refractivity contribution in [3.05, 3.63) is 53.3 Å². The number of aromatic amines is 1. The average Bonchev–Trinajstić information content (AvgIpc) is 3.02. The molecule has 2 aromatic heterocycles. The van der Waals surface area contributed by atoms with Gasteiger partial charge in [-0.2, -0.15) is 0 Å². The lowest BCUT2D eigenvalue weighted by Crippen LogP contribution is -2.28. The fourth-order valence-electron chi connectivity index (χ4n) is 2.97. The summed E-state index contributed by atoms with van der Waals surface area (Å²) in [6.45, 7) is 2.65. The standard InChI is InChI=1S/C19H24N4O2.2ClH/c1-12(21-10-18-13(11-24)3-6-19(20)23-18)7-14-9-22-17-5-4-15(25-2)8-16(14)17;;/h3-6,8-9,12,21-22,24H,7,10-11H2,1-2H3,(H2,20,23);2*1H/t12-;;/m1../s1. The van der Waals surface area contributed by atoms with Crippen molar-refractivity contribution in [1.29, 1.82) is 0 Å². The Hall–Kier alpha value is -1.99. The van der Waals surface area contributed by atoms with Crippen LogP contribution in [0.1, 0.15) is 23.7 Å². The third-order valence-corrected chi connectivity index (χ3v) is 4.38. The van der Waals surface area contributed by atoms with Gasteiger partial charge in [-0.15, -0.1) is 24.8 Å². The number of H-pyrrole nitrogens is 1. The Balaban J connectivity index is 0.00000182. The first-order valence-electron chi connectivity index (χ1n) is 8.33. The Morgan fingerprint density at radius 3 is 2.70 bits per heavy atom. The average molecular weight is 413 g/mol. The van der Waals surface area contributed by atoms with Gasteiger partial charge in [-0.05, 0) is 43.2 Å². The van der Waals surface area contributed by atoms with E-state index in [4.69, 9.17) is 10.5 Å². The van der Waals surface area contributed by atoms with Gasteiger partial charge in [0.1, 0.15) is 11.6 Å². The lowest BCUT2D eigenvalue weighted by molar-refractivity contribution is 0.279. The molecule has 6 nitrogen and oxygen atoms in total.